The third-order valence-corrected chi connectivity index (χ3v) is 5.43. The number of piperidine rings is 1. The van der Waals surface area contributed by atoms with Crippen LogP contribution in [0.4, 0.5) is 4.79 Å². The minimum absolute atomic E-state index is 0.134. The molecule has 1 aromatic heterocycles. The minimum Gasteiger partial charge on any atom is -0.423 e. The number of carbonyl (C=O) groups is 1. The van der Waals surface area contributed by atoms with E-state index in [1.165, 1.54) is 7.11 Å². The molecule has 1 aromatic rings. The van der Waals surface area contributed by atoms with Gasteiger partial charge in [0.25, 0.3) is 0 Å². The van der Waals surface area contributed by atoms with Crippen molar-refractivity contribution in [1.29, 1.82) is 0 Å². The lowest BCUT2D eigenvalue weighted by Crippen LogP contribution is -2.62. The topological polar surface area (TPSA) is 51.2 Å². The van der Waals surface area contributed by atoms with E-state index < -0.39 is 0 Å². The smallest absolute Gasteiger partial charge is 0.423 e. The Morgan fingerprint density at radius 3 is 2.91 bits per heavy atom. The van der Waals surface area contributed by atoms with Crippen LogP contribution in [0.2, 0.25) is 5.02 Å². The lowest BCUT2D eigenvalue weighted by atomic mass is 9.93. The molecule has 3 unspecified atom stereocenters. The highest BCUT2D eigenvalue weighted by Gasteiger charge is 2.45. The molecule has 1 aliphatic heterocycles. The van der Waals surface area contributed by atoms with E-state index in [4.69, 9.17) is 16.3 Å². The first-order valence-corrected chi connectivity index (χ1v) is 8.56. The van der Waals surface area contributed by atoms with Gasteiger partial charge in [-0.15, -0.1) is 0 Å². The molecule has 2 heterocycles. The van der Waals surface area contributed by atoms with Gasteiger partial charge in [0.15, 0.2) is 0 Å². The molecular formula is C17H27ClN3O2+. The van der Waals surface area contributed by atoms with Gasteiger partial charge in [0.05, 0.1) is 37.5 Å². The van der Waals surface area contributed by atoms with Gasteiger partial charge >= 0.3 is 6.09 Å². The first-order chi connectivity index (χ1) is 10.9. The van der Waals surface area contributed by atoms with Crippen molar-refractivity contribution in [2.75, 3.05) is 20.7 Å². The number of amides is 1. The lowest BCUT2D eigenvalue weighted by Gasteiger charge is -2.43. The van der Waals surface area contributed by atoms with Gasteiger partial charge in [0.1, 0.15) is 0 Å². The number of aryl methyl sites for hydroxylation is 1. The fourth-order valence-corrected chi connectivity index (χ4v) is 3.58. The van der Waals surface area contributed by atoms with Gasteiger partial charge in [-0.1, -0.05) is 18.5 Å². The van der Waals surface area contributed by atoms with Crippen molar-refractivity contribution in [3.63, 3.8) is 0 Å². The Labute approximate surface area is 143 Å². The Bertz CT molecular complexity index is 567. The quantitative estimate of drug-likeness (QED) is 0.854. The zero-order chi connectivity index (χ0) is 17.0. The van der Waals surface area contributed by atoms with Gasteiger partial charge in [-0.05, 0) is 25.0 Å². The Morgan fingerprint density at radius 1 is 1.57 bits per heavy atom. The van der Waals surface area contributed by atoms with Gasteiger partial charge in [0.2, 0.25) is 0 Å². The standard InChI is InChI=1S/C17H27ClN3O2/c1-5-15-9-14(6-7-21(15,3)17(22)23-4)20-11-13-8-16(18)12(2)19-10-13/h8,10,14-15,20H,5-7,9,11H2,1-4H3/q+1. The second-order valence-electron chi connectivity index (χ2n) is 6.54. The van der Waals surface area contributed by atoms with E-state index in [-0.39, 0.29) is 12.1 Å². The fourth-order valence-electron chi connectivity index (χ4n) is 3.39. The van der Waals surface area contributed by atoms with Crippen LogP contribution in [-0.4, -0.2) is 48.3 Å². The van der Waals surface area contributed by atoms with Gasteiger partial charge < -0.3 is 10.1 Å². The molecule has 0 aliphatic carbocycles. The summed E-state index contributed by atoms with van der Waals surface area (Å²) in [6, 6.07) is 2.65. The van der Waals surface area contributed by atoms with Crippen LogP contribution in [0.5, 0.6) is 0 Å². The van der Waals surface area contributed by atoms with Crippen molar-refractivity contribution >= 4 is 17.7 Å². The molecule has 0 aromatic carbocycles. The van der Waals surface area contributed by atoms with Crippen LogP contribution in [0, 0.1) is 6.92 Å². The monoisotopic (exact) mass is 340 g/mol. The summed E-state index contributed by atoms with van der Waals surface area (Å²) in [6.45, 7) is 5.58. The molecule has 0 spiro atoms. The number of hydrogen-bond acceptors (Lipinski definition) is 4. The molecular weight excluding hydrogens is 314 g/mol. The molecule has 0 saturated carbocycles. The van der Waals surface area contributed by atoms with Crippen LogP contribution >= 0.6 is 11.6 Å². The van der Waals surface area contributed by atoms with Crippen molar-refractivity contribution in [3.05, 3.63) is 28.5 Å². The number of nitrogens with one attached hydrogen (secondary N) is 1. The Morgan fingerprint density at radius 2 is 2.30 bits per heavy atom. The number of carbonyl (C=O) groups excluding carboxylic acids is 1. The fraction of sp³-hybridized carbons (Fsp3) is 0.647. The van der Waals surface area contributed by atoms with E-state index in [9.17, 15) is 4.79 Å². The van der Waals surface area contributed by atoms with E-state index in [0.717, 1.165) is 43.6 Å². The Hall–Kier alpha value is -1.17. The van der Waals surface area contributed by atoms with Crippen molar-refractivity contribution in [3.8, 4) is 0 Å². The molecule has 3 atom stereocenters. The zero-order valence-electron chi connectivity index (χ0n) is 14.4. The summed E-state index contributed by atoms with van der Waals surface area (Å²) < 4.78 is 5.38. The molecule has 1 aliphatic rings. The summed E-state index contributed by atoms with van der Waals surface area (Å²) in [6.07, 6.45) is 4.61. The molecule has 6 heteroatoms. The molecule has 0 radical (unpaired) electrons. The van der Waals surface area contributed by atoms with E-state index in [2.05, 4.69) is 17.2 Å². The maximum atomic E-state index is 12.1. The first kappa shape index (κ1) is 18.2. The summed E-state index contributed by atoms with van der Waals surface area (Å²) in [7, 11) is 3.46. The maximum absolute atomic E-state index is 12.1. The molecule has 1 N–H and O–H groups in total. The average Bonchev–Trinajstić information content (AvgIpc) is 2.56. The normalized spacial score (nSPS) is 27.7. The Balaban J connectivity index is 1.96. The molecule has 1 fully saturated rings. The number of halogens is 1. The van der Waals surface area contributed by atoms with Crippen LogP contribution in [0.15, 0.2) is 12.3 Å². The maximum Gasteiger partial charge on any atom is 0.515 e. The SMILES string of the molecule is CCC1CC(NCc2cnc(C)c(Cl)c2)CC[N+]1(C)C(=O)OC. The molecule has 1 amide bonds. The number of aromatic nitrogens is 1. The van der Waals surface area contributed by atoms with E-state index in [0.29, 0.717) is 15.5 Å². The number of rotatable bonds is 4. The summed E-state index contributed by atoms with van der Waals surface area (Å²) in [5.74, 6) is 0. The third kappa shape index (κ3) is 4.03. The largest absolute Gasteiger partial charge is 0.515 e. The second-order valence-corrected chi connectivity index (χ2v) is 6.94. The number of nitrogens with zero attached hydrogens (tertiary/aromatic N) is 2. The van der Waals surface area contributed by atoms with Gasteiger partial charge in [-0.3, -0.25) is 4.98 Å². The highest BCUT2D eigenvalue weighted by Crippen LogP contribution is 2.28. The summed E-state index contributed by atoms with van der Waals surface area (Å²) >= 11 is 6.13. The van der Waals surface area contributed by atoms with Crippen LogP contribution in [0.3, 0.4) is 0 Å². The van der Waals surface area contributed by atoms with Gasteiger partial charge in [-0.25, -0.2) is 4.48 Å². The number of ether oxygens (including phenoxy) is 1. The van der Waals surface area contributed by atoms with Crippen molar-refractivity contribution < 1.29 is 14.0 Å². The summed E-state index contributed by atoms with van der Waals surface area (Å²) in [5.41, 5.74) is 1.94. The highest BCUT2D eigenvalue weighted by atomic mass is 35.5. The first-order valence-electron chi connectivity index (χ1n) is 8.18. The predicted molar refractivity (Wildman–Crippen MR) is 91.4 cm³/mol. The van der Waals surface area contributed by atoms with Crippen LogP contribution in [0.1, 0.15) is 37.4 Å². The van der Waals surface area contributed by atoms with E-state index >= 15 is 0 Å². The highest BCUT2D eigenvalue weighted by molar-refractivity contribution is 6.31. The number of hydrogen-bond donors (Lipinski definition) is 1. The molecule has 128 valence electrons. The molecule has 0 bridgehead atoms. The van der Waals surface area contributed by atoms with E-state index in [1.54, 1.807) is 0 Å². The molecule has 5 nitrogen and oxygen atoms in total. The average molecular weight is 341 g/mol. The third-order valence-electron chi connectivity index (χ3n) is 5.04. The number of pyridine rings is 1. The van der Waals surface area contributed by atoms with Crippen LogP contribution in [-0.2, 0) is 11.3 Å². The van der Waals surface area contributed by atoms with Crippen LogP contribution < -0.4 is 5.32 Å². The number of likely N-dealkylation sites (tertiary alicyclic amines) is 1. The van der Waals surface area contributed by atoms with Crippen molar-refractivity contribution in [1.82, 2.24) is 10.3 Å². The number of quaternary nitrogens is 1. The molecule has 2 rings (SSSR count). The Kier molecular flexibility index (Phi) is 6.00. The van der Waals surface area contributed by atoms with Gasteiger partial charge in [-0.2, -0.15) is 4.79 Å². The lowest BCUT2D eigenvalue weighted by molar-refractivity contribution is -0.869. The summed E-state index contributed by atoms with van der Waals surface area (Å²) in [5, 5.41) is 4.29. The van der Waals surface area contributed by atoms with Gasteiger partial charge in [0, 0.05) is 31.6 Å². The van der Waals surface area contributed by atoms with Crippen molar-refractivity contribution in [2.45, 2.75) is 51.7 Å². The predicted octanol–water partition coefficient (Wildman–Crippen LogP) is 3.29. The number of methoxy groups -OCH3 is 1. The second kappa shape index (κ2) is 7.60. The van der Waals surface area contributed by atoms with E-state index in [1.807, 2.05) is 26.2 Å². The summed E-state index contributed by atoms with van der Waals surface area (Å²) in [4.78, 5) is 16.4. The minimum atomic E-state index is -0.134. The van der Waals surface area contributed by atoms with Crippen LogP contribution in [0.25, 0.3) is 0 Å². The zero-order valence-corrected chi connectivity index (χ0v) is 15.2. The molecule has 1 saturated heterocycles. The molecule has 23 heavy (non-hydrogen) atoms. The van der Waals surface area contributed by atoms with Crippen molar-refractivity contribution in [2.24, 2.45) is 0 Å².